The van der Waals surface area contributed by atoms with Crippen molar-refractivity contribution in [2.75, 3.05) is 0 Å². The second-order valence-electron chi connectivity index (χ2n) is 3.13. The summed E-state index contributed by atoms with van der Waals surface area (Å²) in [5.74, 6) is -13.1. The standard InChI is InChI=1S/C7H10O9/c1-2(7(14,15)16)6(3(8)9,4(10)11)5(12)13/h2,14-16H,1H3,(H,8,9)(H,10,11)(H,12,13). The van der Waals surface area contributed by atoms with Gasteiger partial charge in [-0.25, -0.2) is 0 Å². The lowest BCUT2D eigenvalue weighted by atomic mass is 9.74. The first-order valence-corrected chi connectivity index (χ1v) is 3.86. The summed E-state index contributed by atoms with van der Waals surface area (Å²) < 4.78 is 0. The van der Waals surface area contributed by atoms with E-state index >= 15 is 0 Å². The average molecular weight is 238 g/mol. The molecular formula is C7H10O9. The van der Waals surface area contributed by atoms with E-state index in [1.54, 1.807) is 0 Å². The molecule has 0 aromatic carbocycles. The molecule has 0 saturated heterocycles. The number of rotatable bonds is 5. The van der Waals surface area contributed by atoms with Gasteiger partial charge >= 0.3 is 17.9 Å². The van der Waals surface area contributed by atoms with Crippen molar-refractivity contribution in [1.29, 1.82) is 0 Å². The van der Waals surface area contributed by atoms with Gasteiger partial charge in [0.05, 0.1) is 5.92 Å². The van der Waals surface area contributed by atoms with E-state index in [1.807, 2.05) is 0 Å². The lowest BCUT2D eigenvalue weighted by Crippen LogP contribution is -2.58. The van der Waals surface area contributed by atoms with Crippen molar-refractivity contribution < 1.29 is 45.0 Å². The van der Waals surface area contributed by atoms with E-state index in [0.717, 1.165) is 0 Å². The molecule has 0 amide bonds. The van der Waals surface area contributed by atoms with E-state index < -0.39 is 35.2 Å². The molecule has 0 saturated carbocycles. The summed E-state index contributed by atoms with van der Waals surface area (Å²) in [4.78, 5) is 32.1. The van der Waals surface area contributed by atoms with Crippen LogP contribution in [0.3, 0.4) is 0 Å². The lowest BCUT2D eigenvalue weighted by Gasteiger charge is -2.32. The van der Waals surface area contributed by atoms with Crippen LogP contribution in [-0.2, 0) is 14.4 Å². The maximum absolute atomic E-state index is 10.7. The molecule has 0 heterocycles. The first-order valence-electron chi connectivity index (χ1n) is 3.86. The highest BCUT2D eigenvalue weighted by Crippen LogP contribution is 2.34. The Balaban J connectivity index is 5.84. The third kappa shape index (κ3) is 1.96. The third-order valence-electron chi connectivity index (χ3n) is 2.24. The van der Waals surface area contributed by atoms with E-state index in [0.29, 0.717) is 6.92 Å². The minimum absolute atomic E-state index is 0.566. The van der Waals surface area contributed by atoms with E-state index in [9.17, 15) is 14.4 Å². The molecule has 0 aromatic rings. The van der Waals surface area contributed by atoms with Crippen LogP contribution in [0, 0.1) is 11.3 Å². The topological polar surface area (TPSA) is 173 Å². The number of carboxylic acids is 3. The zero-order valence-electron chi connectivity index (χ0n) is 7.99. The highest BCUT2D eigenvalue weighted by atomic mass is 16.7. The van der Waals surface area contributed by atoms with E-state index in [4.69, 9.17) is 30.6 Å². The normalized spacial score (nSPS) is 14.2. The van der Waals surface area contributed by atoms with Crippen LogP contribution in [0.25, 0.3) is 0 Å². The van der Waals surface area contributed by atoms with Gasteiger partial charge in [-0.15, -0.1) is 0 Å². The summed E-state index contributed by atoms with van der Waals surface area (Å²) in [5, 5.41) is 51.9. The van der Waals surface area contributed by atoms with Crippen molar-refractivity contribution in [2.45, 2.75) is 12.9 Å². The monoisotopic (exact) mass is 238 g/mol. The largest absolute Gasteiger partial charge is 0.480 e. The molecule has 0 aliphatic rings. The number of hydrogen-bond donors (Lipinski definition) is 6. The molecule has 0 radical (unpaired) electrons. The molecule has 1 atom stereocenters. The summed E-state index contributed by atoms with van der Waals surface area (Å²) in [5.41, 5.74) is -3.56. The van der Waals surface area contributed by atoms with Crippen LogP contribution in [0.4, 0.5) is 0 Å². The summed E-state index contributed by atoms with van der Waals surface area (Å²) in [6.07, 6.45) is 0. The zero-order chi connectivity index (χ0) is 13.3. The number of hydrogen-bond acceptors (Lipinski definition) is 6. The van der Waals surface area contributed by atoms with E-state index in [1.165, 1.54) is 0 Å². The first kappa shape index (κ1) is 14.3. The van der Waals surface area contributed by atoms with Crippen LogP contribution in [0.15, 0.2) is 0 Å². The first-order chi connectivity index (χ1) is 6.98. The molecule has 0 spiro atoms. The third-order valence-corrected chi connectivity index (χ3v) is 2.24. The lowest BCUT2D eigenvalue weighted by molar-refractivity contribution is -0.351. The second-order valence-corrected chi connectivity index (χ2v) is 3.13. The Morgan fingerprint density at radius 2 is 1.12 bits per heavy atom. The van der Waals surface area contributed by atoms with E-state index in [-0.39, 0.29) is 0 Å². The van der Waals surface area contributed by atoms with Crippen molar-refractivity contribution in [3.05, 3.63) is 0 Å². The van der Waals surface area contributed by atoms with Gasteiger partial charge in [-0.3, -0.25) is 14.4 Å². The van der Waals surface area contributed by atoms with Crippen molar-refractivity contribution in [2.24, 2.45) is 11.3 Å². The van der Waals surface area contributed by atoms with Crippen LogP contribution >= 0.6 is 0 Å². The van der Waals surface area contributed by atoms with Crippen LogP contribution in [-0.4, -0.2) is 54.5 Å². The molecule has 0 aliphatic heterocycles. The Hall–Kier alpha value is -1.71. The molecule has 9 nitrogen and oxygen atoms in total. The van der Waals surface area contributed by atoms with Crippen molar-refractivity contribution in [1.82, 2.24) is 0 Å². The number of aliphatic hydroxyl groups is 3. The molecule has 0 rings (SSSR count). The fourth-order valence-electron chi connectivity index (χ4n) is 1.12. The highest BCUT2D eigenvalue weighted by molar-refractivity contribution is 6.16. The van der Waals surface area contributed by atoms with Gasteiger partial charge in [-0.2, -0.15) is 0 Å². The summed E-state index contributed by atoms with van der Waals surface area (Å²) in [7, 11) is 0. The van der Waals surface area contributed by atoms with Crippen molar-refractivity contribution in [3.8, 4) is 0 Å². The number of carboxylic acid groups (broad SMARTS) is 3. The fraction of sp³-hybridized carbons (Fsp3) is 0.571. The van der Waals surface area contributed by atoms with Crippen LogP contribution in [0.1, 0.15) is 6.92 Å². The van der Waals surface area contributed by atoms with Crippen molar-refractivity contribution in [3.63, 3.8) is 0 Å². The van der Waals surface area contributed by atoms with Crippen LogP contribution < -0.4 is 0 Å². The molecule has 0 bridgehead atoms. The van der Waals surface area contributed by atoms with Gasteiger partial charge < -0.3 is 30.6 Å². The average Bonchev–Trinajstić information content (AvgIpc) is 2.00. The zero-order valence-corrected chi connectivity index (χ0v) is 7.99. The Bertz CT molecular complexity index is 289. The maximum Gasteiger partial charge on any atom is 0.333 e. The maximum atomic E-state index is 10.7. The molecule has 0 aliphatic carbocycles. The molecule has 0 fully saturated rings. The van der Waals surface area contributed by atoms with Crippen LogP contribution in [0.5, 0.6) is 0 Å². The smallest absolute Gasteiger partial charge is 0.333 e. The second kappa shape index (κ2) is 4.04. The van der Waals surface area contributed by atoms with Gasteiger partial charge in [0.15, 0.2) is 0 Å². The van der Waals surface area contributed by atoms with Crippen LogP contribution in [0.2, 0.25) is 0 Å². The Labute approximate surface area is 88.2 Å². The van der Waals surface area contributed by atoms with Gasteiger partial charge in [0, 0.05) is 0 Å². The number of aliphatic carboxylic acids is 3. The van der Waals surface area contributed by atoms with Crippen molar-refractivity contribution >= 4 is 17.9 Å². The fourth-order valence-corrected chi connectivity index (χ4v) is 1.12. The molecular weight excluding hydrogens is 228 g/mol. The summed E-state index contributed by atoms with van der Waals surface area (Å²) in [6, 6.07) is 0. The molecule has 6 N–H and O–H groups in total. The van der Waals surface area contributed by atoms with Gasteiger partial charge in [-0.1, -0.05) is 6.92 Å². The van der Waals surface area contributed by atoms with Gasteiger partial charge in [0.2, 0.25) is 0 Å². The van der Waals surface area contributed by atoms with Gasteiger partial charge in [-0.05, 0) is 0 Å². The molecule has 16 heavy (non-hydrogen) atoms. The molecule has 9 heteroatoms. The predicted octanol–water partition coefficient (Wildman–Crippen LogP) is -2.51. The molecule has 0 aromatic heterocycles. The Morgan fingerprint density at radius 1 is 0.875 bits per heavy atom. The molecule has 92 valence electrons. The minimum atomic E-state index is -3.75. The quantitative estimate of drug-likeness (QED) is 0.223. The van der Waals surface area contributed by atoms with Gasteiger partial charge in [0.1, 0.15) is 0 Å². The SMILES string of the molecule is CC(C(O)(O)O)C(C(=O)O)(C(=O)O)C(=O)O. The highest BCUT2D eigenvalue weighted by Gasteiger charge is 2.64. The number of carbonyl (C=O) groups is 3. The van der Waals surface area contributed by atoms with E-state index in [2.05, 4.69) is 0 Å². The van der Waals surface area contributed by atoms with Gasteiger partial charge in [0.25, 0.3) is 11.4 Å². The Kier molecular flexibility index (Phi) is 3.61. The minimum Gasteiger partial charge on any atom is -0.480 e. The summed E-state index contributed by atoms with van der Waals surface area (Å²) >= 11 is 0. The summed E-state index contributed by atoms with van der Waals surface area (Å²) in [6.45, 7) is 0.566. The molecule has 1 unspecified atom stereocenters. The Morgan fingerprint density at radius 3 is 1.19 bits per heavy atom. The predicted molar refractivity (Wildman–Crippen MR) is 43.9 cm³/mol.